The van der Waals surface area contributed by atoms with Crippen LogP contribution in [0, 0.1) is 0 Å². The summed E-state index contributed by atoms with van der Waals surface area (Å²) in [6.07, 6.45) is 0.939. The van der Waals surface area contributed by atoms with E-state index in [0.29, 0.717) is 25.9 Å². The number of phenolic OH excluding ortho intramolecular Hbond substituents is 1. The summed E-state index contributed by atoms with van der Waals surface area (Å²) in [6.45, 7) is 3.26. The molecule has 0 atom stereocenters. The highest BCUT2D eigenvalue weighted by molar-refractivity contribution is 5.78. The Balaban J connectivity index is 2.54. The highest BCUT2D eigenvalue weighted by Crippen LogP contribution is 2.11. The highest BCUT2D eigenvalue weighted by Gasteiger charge is 2.11. The van der Waals surface area contributed by atoms with Gasteiger partial charge in [0.1, 0.15) is 5.75 Å². The molecule has 0 fully saturated rings. The van der Waals surface area contributed by atoms with Gasteiger partial charge >= 0.3 is 0 Å². The van der Waals surface area contributed by atoms with Crippen molar-refractivity contribution in [2.45, 2.75) is 19.8 Å². The van der Waals surface area contributed by atoms with Crippen LogP contribution >= 0.6 is 0 Å². The molecule has 0 aliphatic rings. The summed E-state index contributed by atoms with van der Waals surface area (Å²) in [5.41, 5.74) is 0.884. The van der Waals surface area contributed by atoms with E-state index in [-0.39, 0.29) is 18.3 Å². The first kappa shape index (κ1) is 13.5. The van der Waals surface area contributed by atoms with Crippen molar-refractivity contribution in [2.75, 3.05) is 19.7 Å². The zero-order chi connectivity index (χ0) is 12.7. The number of rotatable bonds is 6. The number of likely N-dealkylation sites (N-methyl/N-ethyl adjacent to an activating group) is 1. The summed E-state index contributed by atoms with van der Waals surface area (Å²) in [7, 11) is 0. The molecule has 1 aromatic rings. The van der Waals surface area contributed by atoms with Crippen LogP contribution in [0.15, 0.2) is 24.3 Å². The number of aliphatic hydroxyl groups is 1. The second kappa shape index (κ2) is 6.91. The third-order valence-electron chi connectivity index (χ3n) is 2.61. The fraction of sp³-hybridized carbons (Fsp3) is 0.462. The fourth-order valence-corrected chi connectivity index (χ4v) is 1.62. The van der Waals surface area contributed by atoms with E-state index in [4.69, 9.17) is 10.2 Å². The van der Waals surface area contributed by atoms with Gasteiger partial charge in [-0.3, -0.25) is 4.79 Å². The fourth-order valence-electron chi connectivity index (χ4n) is 1.62. The largest absolute Gasteiger partial charge is 0.508 e. The summed E-state index contributed by atoms with van der Waals surface area (Å²) in [5.74, 6) is 0.250. The zero-order valence-corrected chi connectivity index (χ0v) is 10.1. The molecule has 2 N–H and O–H groups in total. The molecule has 0 aliphatic heterocycles. The smallest absolute Gasteiger partial charge is 0.226 e. The van der Waals surface area contributed by atoms with Crippen LogP contribution in [-0.2, 0) is 11.2 Å². The van der Waals surface area contributed by atoms with Crippen LogP contribution in [0.5, 0.6) is 5.75 Å². The second-order valence-electron chi connectivity index (χ2n) is 3.89. The lowest BCUT2D eigenvalue weighted by atomic mass is 10.1. The Labute approximate surface area is 101 Å². The Bertz CT molecular complexity index is 348. The number of aromatic hydroxyl groups is 1. The lowest BCUT2D eigenvalue weighted by Gasteiger charge is -2.20. The van der Waals surface area contributed by atoms with Crippen LogP contribution in [0.1, 0.15) is 18.9 Å². The van der Waals surface area contributed by atoms with Gasteiger partial charge in [0, 0.05) is 19.7 Å². The van der Waals surface area contributed by atoms with E-state index in [1.807, 2.05) is 6.92 Å². The average molecular weight is 237 g/mol. The summed E-state index contributed by atoms with van der Waals surface area (Å²) in [4.78, 5) is 13.6. The predicted octanol–water partition coefficient (Wildman–Crippen LogP) is 1.17. The molecule has 4 heteroatoms. The third kappa shape index (κ3) is 4.44. The minimum Gasteiger partial charge on any atom is -0.508 e. The number of nitrogens with zero attached hydrogens (tertiary/aromatic N) is 1. The minimum absolute atomic E-state index is 0.0478. The highest BCUT2D eigenvalue weighted by atomic mass is 16.3. The molecular formula is C13H19NO3. The molecule has 0 unspecified atom stereocenters. The topological polar surface area (TPSA) is 60.8 Å². The number of hydrogen-bond donors (Lipinski definition) is 2. The van der Waals surface area contributed by atoms with Crippen molar-refractivity contribution in [3.63, 3.8) is 0 Å². The van der Waals surface area contributed by atoms with Crippen LogP contribution in [-0.4, -0.2) is 40.7 Å². The van der Waals surface area contributed by atoms with Crippen molar-refractivity contribution in [3.8, 4) is 5.75 Å². The first-order valence-corrected chi connectivity index (χ1v) is 5.84. The number of carbonyl (C=O) groups excluding carboxylic acids is 1. The minimum atomic E-state index is 0.0478. The molecule has 0 aliphatic carbocycles. The van der Waals surface area contributed by atoms with Crippen LogP contribution in [0.2, 0.25) is 0 Å². The first-order valence-electron chi connectivity index (χ1n) is 5.84. The lowest BCUT2D eigenvalue weighted by molar-refractivity contribution is -0.130. The molecule has 1 rings (SSSR count). The van der Waals surface area contributed by atoms with Gasteiger partial charge in [-0.25, -0.2) is 0 Å². The molecule has 0 radical (unpaired) electrons. The molecule has 94 valence electrons. The quantitative estimate of drug-likeness (QED) is 0.780. The Morgan fingerprint density at radius 1 is 1.29 bits per heavy atom. The number of phenols is 1. The summed E-state index contributed by atoms with van der Waals surface area (Å²) >= 11 is 0. The molecule has 0 spiro atoms. The van der Waals surface area contributed by atoms with Gasteiger partial charge in [0.2, 0.25) is 5.91 Å². The van der Waals surface area contributed by atoms with E-state index in [1.54, 1.807) is 29.2 Å². The standard InChI is InChI=1S/C13H19NO3/c1-2-14(8-3-9-15)13(17)10-11-4-6-12(16)7-5-11/h4-7,15-16H,2-3,8-10H2,1H3. The number of aliphatic hydroxyl groups excluding tert-OH is 1. The van der Waals surface area contributed by atoms with Crippen molar-refractivity contribution in [1.29, 1.82) is 0 Å². The number of hydrogen-bond acceptors (Lipinski definition) is 3. The molecule has 1 amide bonds. The van der Waals surface area contributed by atoms with E-state index in [1.165, 1.54) is 0 Å². The zero-order valence-electron chi connectivity index (χ0n) is 10.1. The van der Waals surface area contributed by atoms with E-state index in [2.05, 4.69) is 0 Å². The van der Waals surface area contributed by atoms with E-state index >= 15 is 0 Å². The van der Waals surface area contributed by atoms with E-state index in [0.717, 1.165) is 5.56 Å². The maximum absolute atomic E-state index is 11.9. The number of amides is 1. The molecule has 4 nitrogen and oxygen atoms in total. The van der Waals surface area contributed by atoms with Gasteiger partial charge in [-0.2, -0.15) is 0 Å². The van der Waals surface area contributed by atoms with Crippen molar-refractivity contribution < 1.29 is 15.0 Å². The molecule has 17 heavy (non-hydrogen) atoms. The molecule has 0 saturated carbocycles. The van der Waals surface area contributed by atoms with Gasteiger partial charge in [0.15, 0.2) is 0 Å². The van der Waals surface area contributed by atoms with E-state index in [9.17, 15) is 4.79 Å². The molecule has 1 aromatic carbocycles. The monoisotopic (exact) mass is 237 g/mol. The van der Waals surface area contributed by atoms with Crippen molar-refractivity contribution >= 4 is 5.91 Å². The van der Waals surface area contributed by atoms with Crippen LogP contribution in [0.4, 0.5) is 0 Å². The van der Waals surface area contributed by atoms with Gasteiger partial charge in [-0.15, -0.1) is 0 Å². The Kier molecular flexibility index (Phi) is 5.49. The molecule has 0 bridgehead atoms. The van der Waals surface area contributed by atoms with Crippen molar-refractivity contribution in [2.24, 2.45) is 0 Å². The molecule has 0 aromatic heterocycles. The van der Waals surface area contributed by atoms with Crippen molar-refractivity contribution in [1.82, 2.24) is 4.90 Å². The number of benzene rings is 1. The maximum atomic E-state index is 11.9. The average Bonchev–Trinajstić information content (AvgIpc) is 2.33. The van der Waals surface area contributed by atoms with Crippen LogP contribution in [0.3, 0.4) is 0 Å². The Hall–Kier alpha value is -1.55. The summed E-state index contributed by atoms with van der Waals surface area (Å²) in [5, 5.41) is 17.9. The SMILES string of the molecule is CCN(CCCO)C(=O)Cc1ccc(O)cc1. The maximum Gasteiger partial charge on any atom is 0.226 e. The normalized spacial score (nSPS) is 10.2. The predicted molar refractivity (Wildman–Crippen MR) is 65.8 cm³/mol. The number of carbonyl (C=O) groups is 1. The first-order chi connectivity index (χ1) is 8.17. The summed E-state index contributed by atoms with van der Waals surface area (Å²) < 4.78 is 0. The third-order valence-corrected chi connectivity index (χ3v) is 2.61. The van der Waals surface area contributed by atoms with E-state index < -0.39 is 0 Å². The molecular weight excluding hydrogens is 218 g/mol. The van der Waals surface area contributed by atoms with Gasteiger partial charge in [0.25, 0.3) is 0 Å². The van der Waals surface area contributed by atoms with Gasteiger partial charge in [-0.05, 0) is 31.0 Å². The van der Waals surface area contributed by atoms with Gasteiger partial charge < -0.3 is 15.1 Å². The molecule has 0 heterocycles. The van der Waals surface area contributed by atoms with Gasteiger partial charge in [0.05, 0.1) is 6.42 Å². The van der Waals surface area contributed by atoms with Crippen LogP contribution < -0.4 is 0 Å². The lowest BCUT2D eigenvalue weighted by Crippen LogP contribution is -2.33. The Morgan fingerprint density at radius 2 is 1.94 bits per heavy atom. The van der Waals surface area contributed by atoms with Gasteiger partial charge in [-0.1, -0.05) is 12.1 Å². The van der Waals surface area contributed by atoms with Crippen molar-refractivity contribution in [3.05, 3.63) is 29.8 Å². The Morgan fingerprint density at radius 3 is 2.47 bits per heavy atom. The summed E-state index contributed by atoms with van der Waals surface area (Å²) in [6, 6.07) is 6.64. The second-order valence-corrected chi connectivity index (χ2v) is 3.89. The van der Waals surface area contributed by atoms with Crippen LogP contribution in [0.25, 0.3) is 0 Å². The molecule has 0 saturated heterocycles.